The largest absolute Gasteiger partial charge is 0.489 e. The maximum atomic E-state index is 12.9. The van der Waals surface area contributed by atoms with E-state index in [4.69, 9.17) is 4.74 Å². The Morgan fingerprint density at radius 3 is 2.29 bits per heavy atom. The molecule has 1 saturated heterocycles. The van der Waals surface area contributed by atoms with Gasteiger partial charge in [-0.3, -0.25) is 0 Å². The molecule has 24 heavy (non-hydrogen) atoms. The molecule has 0 bridgehead atoms. The van der Waals surface area contributed by atoms with E-state index in [1.165, 1.54) is 0 Å². The Labute approximate surface area is 144 Å². The third-order valence-corrected chi connectivity index (χ3v) is 6.14. The van der Waals surface area contributed by atoms with E-state index >= 15 is 0 Å². The highest BCUT2D eigenvalue weighted by atomic mass is 32.2. The lowest BCUT2D eigenvalue weighted by molar-refractivity contribution is 0.306. The molecule has 0 aliphatic carbocycles. The van der Waals surface area contributed by atoms with Gasteiger partial charge in [0, 0.05) is 13.1 Å². The van der Waals surface area contributed by atoms with Crippen molar-refractivity contribution < 1.29 is 13.2 Å². The molecule has 1 heterocycles. The van der Waals surface area contributed by atoms with Gasteiger partial charge in [-0.15, -0.1) is 0 Å². The summed E-state index contributed by atoms with van der Waals surface area (Å²) in [6.07, 6.45) is 4.10. The molecule has 0 atom stereocenters. The van der Waals surface area contributed by atoms with Crippen LogP contribution in [0, 0.1) is 0 Å². The highest BCUT2D eigenvalue weighted by Crippen LogP contribution is 2.21. The second-order valence-corrected chi connectivity index (χ2v) is 8.01. The number of nitrogens with zero attached hydrogens (tertiary/aromatic N) is 1. The lowest BCUT2D eigenvalue weighted by Crippen LogP contribution is -2.32. The summed E-state index contributed by atoms with van der Waals surface area (Å²) in [6.45, 7) is 1.59. The summed E-state index contributed by atoms with van der Waals surface area (Å²) in [7, 11) is -3.41. The van der Waals surface area contributed by atoms with Gasteiger partial charge in [-0.1, -0.05) is 43.2 Å². The lowest BCUT2D eigenvalue weighted by Gasteiger charge is -2.20. The highest BCUT2D eigenvalue weighted by molar-refractivity contribution is 7.89. The molecule has 2 aromatic carbocycles. The van der Waals surface area contributed by atoms with E-state index in [1.54, 1.807) is 22.5 Å². The van der Waals surface area contributed by atoms with Crippen molar-refractivity contribution in [3.8, 4) is 5.75 Å². The molecule has 3 rings (SSSR count). The molecule has 0 unspecified atom stereocenters. The first-order chi connectivity index (χ1) is 11.7. The molecular formula is C19H23NO3S. The minimum atomic E-state index is -3.41. The van der Waals surface area contributed by atoms with Crippen molar-refractivity contribution in [2.75, 3.05) is 13.1 Å². The smallest absolute Gasteiger partial charge is 0.243 e. The van der Waals surface area contributed by atoms with Gasteiger partial charge in [-0.25, -0.2) is 8.42 Å². The van der Waals surface area contributed by atoms with Crippen LogP contribution in [0.25, 0.3) is 0 Å². The molecule has 5 heteroatoms. The third kappa shape index (κ3) is 4.16. The fourth-order valence-electron chi connectivity index (χ4n) is 2.91. The number of para-hydroxylation sites is 1. The zero-order valence-electron chi connectivity index (χ0n) is 13.7. The summed E-state index contributed by atoms with van der Waals surface area (Å²) in [6, 6.07) is 16.6. The molecular weight excluding hydrogens is 322 g/mol. The van der Waals surface area contributed by atoms with Crippen LogP contribution in [0.2, 0.25) is 0 Å². The number of hydrogen-bond acceptors (Lipinski definition) is 3. The standard InChI is InChI=1S/C19H23NO3S/c21-24(22,20-13-6-1-2-7-14-20)19-12-8-9-17(15-19)16-23-18-10-4-3-5-11-18/h3-5,8-12,15H,1-2,6-7,13-14,16H2. The predicted octanol–water partition coefficient (Wildman–Crippen LogP) is 3.83. The van der Waals surface area contributed by atoms with Crippen LogP contribution in [0.5, 0.6) is 5.75 Å². The van der Waals surface area contributed by atoms with E-state index in [0.717, 1.165) is 37.0 Å². The normalized spacial score (nSPS) is 16.5. The Hall–Kier alpha value is -1.85. The average molecular weight is 345 g/mol. The van der Waals surface area contributed by atoms with E-state index in [1.807, 2.05) is 36.4 Å². The second kappa shape index (κ2) is 7.81. The van der Waals surface area contributed by atoms with Gasteiger partial charge in [0.05, 0.1) is 4.90 Å². The van der Waals surface area contributed by atoms with E-state index in [0.29, 0.717) is 24.6 Å². The summed E-state index contributed by atoms with van der Waals surface area (Å²) in [4.78, 5) is 0.360. The Morgan fingerprint density at radius 1 is 0.875 bits per heavy atom. The number of rotatable bonds is 5. The maximum absolute atomic E-state index is 12.9. The zero-order valence-corrected chi connectivity index (χ0v) is 14.5. The number of hydrogen-bond donors (Lipinski definition) is 0. The topological polar surface area (TPSA) is 46.6 Å². The Morgan fingerprint density at radius 2 is 1.58 bits per heavy atom. The van der Waals surface area contributed by atoms with Gasteiger partial charge in [0.25, 0.3) is 0 Å². The molecule has 1 aliphatic rings. The highest BCUT2D eigenvalue weighted by Gasteiger charge is 2.25. The molecule has 4 nitrogen and oxygen atoms in total. The second-order valence-electron chi connectivity index (χ2n) is 6.07. The quantitative estimate of drug-likeness (QED) is 0.827. The summed E-state index contributed by atoms with van der Waals surface area (Å²) in [5, 5.41) is 0. The van der Waals surface area contributed by atoms with Gasteiger partial charge >= 0.3 is 0 Å². The fourth-order valence-corrected chi connectivity index (χ4v) is 4.50. The maximum Gasteiger partial charge on any atom is 0.243 e. The minimum absolute atomic E-state index is 0.355. The van der Waals surface area contributed by atoms with Crippen LogP contribution in [0.15, 0.2) is 59.5 Å². The van der Waals surface area contributed by atoms with E-state index in [9.17, 15) is 8.42 Å². The fraction of sp³-hybridized carbons (Fsp3) is 0.368. The van der Waals surface area contributed by atoms with Crippen LogP contribution in [-0.4, -0.2) is 25.8 Å². The van der Waals surface area contributed by atoms with Crippen LogP contribution in [0.3, 0.4) is 0 Å². The zero-order chi connectivity index (χ0) is 16.8. The van der Waals surface area contributed by atoms with Gasteiger partial charge < -0.3 is 4.74 Å². The summed E-state index contributed by atoms with van der Waals surface area (Å²) < 4.78 is 33.0. The first-order valence-electron chi connectivity index (χ1n) is 8.43. The molecule has 0 amide bonds. The Bertz CT molecular complexity index is 751. The van der Waals surface area contributed by atoms with Crippen molar-refractivity contribution >= 4 is 10.0 Å². The SMILES string of the molecule is O=S(=O)(c1cccc(COc2ccccc2)c1)N1CCCCCC1. The van der Waals surface area contributed by atoms with Crippen LogP contribution >= 0.6 is 0 Å². The first-order valence-corrected chi connectivity index (χ1v) is 9.87. The van der Waals surface area contributed by atoms with Crippen molar-refractivity contribution in [3.63, 3.8) is 0 Å². The molecule has 0 aromatic heterocycles. The van der Waals surface area contributed by atoms with E-state index < -0.39 is 10.0 Å². The Balaban J connectivity index is 1.74. The van der Waals surface area contributed by atoms with Gasteiger partial charge in [0.1, 0.15) is 12.4 Å². The summed E-state index contributed by atoms with van der Waals surface area (Å²) in [5.41, 5.74) is 0.856. The molecule has 0 saturated carbocycles. The summed E-state index contributed by atoms with van der Waals surface area (Å²) >= 11 is 0. The van der Waals surface area contributed by atoms with Gasteiger partial charge in [-0.05, 0) is 42.7 Å². The van der Waals surface area contributed by atoms with Crippen LogP contribution < -0.4 is 4.74 Å². The van der Waals surface area contributed by atoms with Crippen molar-refractivity contribution in [1.29, 1.82) is 0 Å². The lowest BCUT2D eigenvalue weighted by atomic mass is 10.2. The minimum Gasteiger partial charge on any atom is -0.489 e. The number of sulfonamides is 1. The molecule has 0 radical (unpaired) electrons. The molecule has 2 aromatic rings. The van der Waals surface area contributed by atoms with Crippen molar-refractivity contribution in [2.45, 2.75) is 37.2 Å². The third-order valence-electron chi connectivity index (χ3n) is 4.25. The molecule has 0 spiro atoms. The van der Waals surface area contributed by atoms with Gasteiger partial charge in [0.15, 0.2) is 0 Å². The predicted molar refractivity (Wildman–Crippen MR) is 94.4 cm³/mol. The monoisotopic (exact) mass is 345 g/mol. The number of ether oxygens (including phenoxy) is 1. The van der Waals surface area contributed by atoms with E-state index in [2.05, 4.69) is 0 Å². The molecule has 128 valence electrons. The van der Waals surface area contributed by atoms with Crippen molar-refractivity contribution in [1.82, 2.24) is 4.31 Å². The van der Waals surface area contributed by atoms with E-state index in [-0.39, 0.29) is 0 Å². The summed E-state index contributed by atoms with van der Waals surface area (Å²) in [5.74, 6) is 0.776. The molecule has 0 N–H and O–H groups in total. The average Bonchev–Trinajstić information content (AvgIpc) is 2.91. The molecule has 1 aliphatic heterocycles. The van der Waals surface area contributed by atoms with Gasteiger partial charge in [-0.2, -0.15) is 4.31 Å². The van der Waals surface area contributed by atoms with Crippen molar-refractivity contribution in [3.05, 3.63) is 60.2 Å². The van der Waals surface area contributed by atoms with Crippen LogP contribution in [0.1, 0.15) is 31.2 Å². The van der Waals surface area contributed by atoms with Gasteiger partial charge in [0.2, 0.25) is 10.0 Å². The van der Waals surface area contributed by atoms with Crippen LogP contribution in [0.4, 0.5) is 0 Å². The first kappa shape index (κ1) is 17.0. The Kier molecular flexibility index (Phi) is 5.53. The van der Waals surface area contributed by atoms with Crippen LogP contribution in [-0.2, 0) is 16.6 Å². The number of benzene rings is 2. The molecule has 1 fully saturated rings. The van der Waals surface area contributed by atoms with Crippen molar-refractivity contribution in [2.24, 2.45) is 0 Å².